The van der Waals surface area contributed by atoms with Crippen molar-refractivity contribution in [2.24, 2.45) is 0 Å². The van der Waals surface area contributed by atoms with Crippen LogP contribution in [0.2, 0.25) is 0 Å². The molecular formula is C25H20BrN3OS2. The molecule has 3 heterocycles. The average molecular weight is 522 g/mol. The largest absolute Gasteiger partial charge is 0.452 e. The van der Waals surface area contributed by atoms with Crippen molar-refractivity contribution in [3.8, 4) is 0 Å². The minimum absolute atomic E-state index is 0.131. The van der Waals surface area contributed by atoms with E-state index < -0.39 is 0 Å². The van der Waals surface area contributed by atoms with E-state index in [2.05, 4.69) is 68.4 Å². The second kappa shape index (κ2) is 9.10. The lowest BCUT2D eigenvalue weighted by Gasteiger charge is -2.26. The lowest BCUT2D eigenvalue weighted by atomic mass is 10.0. The molecule has 1 saturated heterocycles. The third-order valence-electron chi connectivity index (χ3n) is 5.37. The molecule has 2 aromatic carbocycles. The molecular weight excluding hydrogens is 502 g/mol. The Morgan fingerprint density at radius 1 is 1.03 bits per heavy atom. The average Bonchev–Trinajstić information content (AvgIpc) is 3.41. The van der Waals surface area contributed by atoms with Gasteiger partial charge in [0.1, 0.15) is 11.8 Å². The summed E-state index contributed by atoms with van der Waals surface area (Å²) in [5.74, 6) is 0.840. The minimum Gasteiger partial charge on any atom is -0.452 e. The molecule has 7 heteroatoms. The maximum Gasteiger partial charge on any atom is 0.174 e. The van der Waals surface area contributed by atoms with Crippen LogP contribution in [0, 0.1) is 6.92 Å². The van der Waals surface area contributed by atoms with Crippen LogP contribution in [-0.2, 0) is 0 Å². The van der Waals surface area contributed by atoms with Crippen molar-refractivity contribution >= 4 is 50.7 Å². The fourth-order valence-electron chi connectivity index (χ4n) is 3.85. The van der Waals surface area contributed by atoms with E-state index in [1.807, 2.05) is 54.7 Å². The summed E-state index contributed by atoms with van der Waals surface area (Å²) in [6.07, 6.45) is 1.81. The summed E-state index contributed by atoms with van der Waals surface area (Å²) in [6.45, 7) is 2.08. The number of aromatic nitrogens is 1. The molecule has 1 aliphatic heterocycles. The highest BCUT2D eigenvalue weighted by Gasteiger charge is 2.42. The summed E-state index contributed by atoms with van der Waals surface area (Å²) in [5.41, 5.74) is 3.08. The quantitative estimate of drug-likeness (QED) is 0.283. The van der Waals surface area contributed by atoms with Crippen molar-refractivity contribution in [3.63, 3.8) is 0 Å². The molecule has 160 valence electrons. The fourth-order valence-corrected chi connectivity index (χ4v) is 5.25. The molecule has 0 radical (unpaired) electrons. The molecule has 1 aliphatic rings. The molecule has 1 fully saturated rings. The number of furan rings is 1. The highest BCUT2D eigenvalue weighted by molar-refractivity contribution is 9.10. The number of benzene rings is 2. The van der Waals surface area contributed by atoms with E-state index >= 15 is 0 Å². The van der Waals surface area contributed by atoms with Gasteiger partial charge in [0.2, 0.25) is 0 Å². The van der Waals surface area contributed by atoms with E-state index in [9.17, 15) is 0 Å². The maximum absolute atomic E-state index is 6.36. The lowest BCUT2D eigenvalue weighted by molar-refractivity contribution is 0.383. The van der Waals surface area contributed by atoms with Gasteiger partial charge in [-0.25, -0.2) is 0 Å². The van der Waals surface area contributed by atoms with Crippen molar-refractivity contribution in [3.05, 3.63) is 107 Å². The van der Waals surface area contributed by atoms with Crippen LogP contribution in [0.1, 0.15) is 29.1 Å². The van der Waals surface area contributed by atoms with E-state index in [0.29, 0.717) is 5.11 Å². The molecule has 0 saturated carbocycles. The van der Waals surface area contributed by atoms with E-state index in [4.69, 9.17) is 16.6 Å². The predicted molar refractivity (Wildman–Crippen MR) is 136 cm³/mol. The van der Waals surface area contributed by atoms with Gasteiger partial charge in [0.05, 0.1) is 11.7 Å². The molecule has 2 aromatic heterocycles. The van der Waals surface area contributed by atoms with Gasteiger partial charge in [0.15, 0.2) is 10.2 Å². The van der Waals surface area contributed by atoms with Crippen LogP contribution in [0.3, 0.4) is 0 Å². The molecule has 32 heavy (non-hydrogen) atoms. The Labute approximate surface area is 205 Å². The number of anilines is 1. The summed E-state index contributed by atoms with van der Waals surface area (Å²) in [6, 6.07) is 26.2. The van der Waals surface area contributed by atoms with E-state index in [1.54, 1.807) is 11.8 Å². The van der Waals surface area contributed by atoms with Crippen LogP contribution in [0.5, 0.6) is 0 Å². The molecule has 0 aliphatic carbocycles. The van der Waals surface area contributed by atoms with Gasteiger partial charge in [-0.15, -0.1) is 0 Å². The van der Waals surface area contributed by atoms with Crippen LogP contribution in [0.4, 0.5) is 5.69 Å². The second-order valence-corrected chi connectivity index (χ2v) is 9.82. The summed E-state index contributed by atoms with van der Waals surface area (Å²) < 4.78 is 7.43. The minimum atomic E-state index is -0.164. The first kappa shape index (κ1) is 21.2. The molecule has 2 unspecified atom stereocenters. The van der Waals surface area contributed by atoms with E-state index in [1.165, 1.54) is 0 Å². The summed E-state index contributed by atoms with van der Waals surface area (Å²) in [5, 5.41) is 4.97. The van der Waals surface area contributed by atoms with Gasteiger partial charge in [-0.1, -0.05) is 52.0 Å². The standard InChI is InChI=1S/C25H20BrN3OS2/c1-16-15-17(10-11-19(16)26)29-24(23(28-25(29)31)20-9-5-6-14-27-20)21-12-13-22(30-21)32-18-7-3-2-4-8-18/h2-15,23-24H,1H3,(H,28,31). The number of nitrogens with zero attached hydrogens (tertiary/aromatic N) is 2. The zero-order valence-electron chi connectivity index (χ0n) is 17.2. The number of hydrogen-bond donors (Lipinski definition) is 1. The third-order valence-corrected chi connectivity index (χ3v) is 7.51. The summed E-state index contributed by atoms with van der Waals surface area (Å²) >= 11 is 11.0. The van der Waals surface area contributed by atoms with Crippen molar-refractivity contribution in [1.82, 2.24) is 10.3 Å². The van der Waals surface area contributed by atoms with Crippen molar-refractivity contribution in [2.45, 2.75) is 29.0 Å². The highest BCUT2D eigenvalue weighted by Crippen LogP contribution is 2.43. The SMILES string of the molecule is Cc1cc(N2C(=S)NC(c3ccccn3)C2c2ccc(Sc3ccccc3)o2)ccc1Br. The van der Waals surface area contributed by atoms with Gasteiger partial charge in [0, 0.05) is 21.3 Å². The Kier molecular flexibility index (Phi) is 6.04. The first-order chi connectivity index (χ1) is 15.6. The number of pyridine rings is 1. The Hall–Kier alpha value is -2.61. The zero-order valence-corrected chi connectivity index (χ0v) is 20.5. The van der Waals surface area contributed by atoms with Gasteiger partial charge in [-0.05, 0) is 79.3 Å². The van der Waals surface area contributed by atoms with Crippen molar-refractivity contribution < 1.29 is 4.42 Å². The highest BCUT2D eigenvalue weighted by atomic mass is 79.9. The third kappa shape index (κ3) is 4.20. The Morgan fingerprint density at radius 3 is 2.59 bits per heavy atom. The van der Waals surface area contributed by atoms with Crippen molar-refractivity contribution in [2.75, 3.05) is 4.90 Å². The molecule has 4 nitrogen and oxygen atoms in total. The fraction of sp³-hybridized carbons (Fsp3) is 0.120. The van der Waals surface area contributed by atoms with Gasteiger partial charge < -0.3 is 14.6 Å². The Balaban J connectivity index is 1.55. The summed E-state index contributed by atoms with van der Waals surface area (Å²) in [7, 11) is 0. The van der Waals surface area contributed by atoms with Gasteiger partial charge >= 0.3 is 0 Å². The lowest BCUT2D eigenvalue weighted by Crippen LogP contribution is -2.29. The molecule has 0 amide bonds. The number of halogens is 1. The predicted octanol–water partition coefficient (Wildman–Crippen LogP) is 7.07. The topological polar surface area (TPSA) is 41.3 Å². The van der Waals surface area contributed by atoms with Crippen LogP contribution < -0.4 is 10.2 Å². The first-order valence-electron chi connectivity index (χ1n) is 10.2. The number of aryl methyl sites for hydroxylation is 1. The number of thiocarbonyl (C=S) groups is 1. The van der Waals surface area contributed by atoms with Gasteiger partial charge in [-0.2, -0.15) is 0 Å². The summed E-state index contributed by atoms with van der Waals surface area (Å²) in [4.78, 5) is 7.87. The zero-order chi connectivity index (χ0) is 22.1. The van der Waals surface area contributed by atoms with Crippen LogP contribution >= 0.6 is 39.9 Å². The maximum atomic E-state index is 6.36. The van der Waals surface area contributed by atoms with Gasteiger partial charge in [0.25, 0.3) is 0 Å². The number of rotatable bonds is 5. The molecule has 5 rings (SSSR count). The van der Waals surface area contributed by atoms with Crippen molar-refractivity contribution in [1.29, 1.82) is 0 Å². The molecule has 0 spiro atoms. The smallest absolute Gasteiger partial charge is 0.174 e. The van der Waals surface area contributed by atoms with E-state index in [0.717, 1.165) is 37.2 Å². The first-order valence-corrected chi connectivity index (χ1v) is 12.2. The van der Waals surface area contributed by atoms with Crippen LogP contribution in [0.15, 0.2) is 104 Å². The normalized spacial score (nSPS) is 18.1. The Morgan fingerprint density at radius 2 is 1.84 bits per heavy atom. The van der Waals surface area contributed by atoms with Crippen LogP contribution in [-0.4, -0.2) is 10.1 Å². The molecule has 4 aromatic rings. The monoisotopic (exact) mass is 521 g/mol. The Bertz CT molecular complexity index is 1250. The van der Waals surface area contributed by atoms with Crippen LogP contribution in [0.25, 0.3) is 0 Å². The molecule has 0 bridgehead atoms. The molecule has 1 N–H and O–H groups in total. The molecule has 2 atom stereocenters. The van der Waals surface area contributed by atoms with Gasteiger partial charge in [-0.3, -0.25) is 4.98 Å². The number of nitrogens with one attached hydrogen (secondary N) is 1. The second-order valence-electron chi connectivity index (χ2n) is 7.50. The number of hydrogen-bond acceptors (Lipinski definition) is 4. The van der Waals surface area contributed by atoms with E-state index in [-0.39, 0.29) is 12.1 Å².